The number of piperidine rings is 1. The number of hydrogen-bond acceptors (Lipinski definition) is 8. The molecule has 0 bridgehead atoms. The van der Waals surface area contributed by atoms with Crippen LogP contribution in [0.4, 0.5) is 20.4 Å². The molecule has 0 saturated carbocycles. The Morgan fingerprint density at radius 3 is 2.63 bits per heavy atom. The van der Waals surface area contributed by atoms with Crippen molar-refractivity contribution in [3.63, 3.8) is 0 Å². The molecule has 1 unspecified atom stereocenters. The minimum Gasteiger partial charge on any atom is -0.438 e. The van der Waals surface area contributed by atoms with Gasteiger partial charge in [-0.1, -0.05) is 30.3 Å². The highest BCUT2D eigenvalue weighted by molar-refractivity contribution is 7.91. The molecular weight excluding hydrogens is 574 g/mol. The molecule has 1 saturated heterocycles. The van der Waals surface area contributed by atoms with Crippen LogP contribution in [0.2, 0.25) is 0 Å². The van der Waals surface area contributed by atoms with Crippen LogP contribution < -0.4 is 20.1 Å². The van der Waals surface area contributed by atoms with E-state index in [0.29, 0.717) is 22.8 Å². The van der Waals surface area contributed by atoms with Gasteiger partial charge in [0.05, 0.1) is 17.0 Å². The smallest absolute Gasteiger partial charge is 0.237 e. The van der Waals surface area contributed by atoms with Crippen LogP contribution >= 0.6 is 12.4 Å². The fourth-order valence-corrected chi connectivity index (χ4v) is 5.59. The van der Waals surface area contributed by atoms with Crippen LogP contribution in [-0.4, -0.2) is 42.5 Å². The van der Waals surface area contributed by atoms with E-state index in [4.69, 9.17) is 4.74 Å². The van der Waals surface area contributed by atoms with Gasteiger partial charge in [0.25, 0.3) is 0 Å². The molecule has 2 aromatic heterocycles. The third-order valence-corrected chi connectivity index (χ3v) is 7.64. The van der Waals surface area contributed by atoms with Crippen LogP contribution in [0.5, 0.6) is 11.6 Å². The lowest BCUT2D eigenvalue weighted by molar-refractivity contribution is 0.448. The van der Waals surface area contributed by atoms with Gasteiger partial charge in [-0.15, -0.1) is 12.4 Å². The van der Waals surface area contributed by atoms with Crippen molar-refractivity contribution in [2.45, 2.75) is 31.6 Å². The topological polar surface area (TPSA) is 118 Å². The van der Waals surface area contributed by atoms with E-state index in [1.165, 1.54) is 13.1 Å². The number of ether oxygens (including phenoxy) is 1. The monoisotopic (exact) mass is 602 g/mol. The van der Waals surface area contributed by atoms with Gasteiger partial charge in [-0.3, -0.25) is 4.72 Å². The van der Waals surface area contributed by atoms with Gasteiger partial charge >= 0.3 is 0 Å². The van der Waals surface area contributed by atoms with E-state index >= 15 is 8.78 Å². The molecule has 1 aliphatic heterocycles. The molecule has 2 aromatic carbocycles. The molecule has 3 heterocycles. The summed E-state index contributed by atoms with van der Waals surface area (Å²) in [6, 6.07) is 14.6. The average Bonchev–Trinajstić information content (AvgIpc) is 2.95. The minimum absolute atomic E-state index is 0. The van der Waals surface area contributed by atoms with E-state index in [2.05, 4.69) is 25.6 Å². The molecule has 1 fully saturated rings. The first-order valence-corrected chi connectivity index (χ1v) is 14.4. The van der Waals surface area contributed by atoms with Crippen LogP contribution in [0.15, 0.2) is 67.0 Å². The number of nitrogens with zero attached hydrogens (tertiary/aromatic N) is 3. The number of benzene rings is 2. The molecule has 1 atom stereocenters. The second kappa shape index (κ2) is 13.2. The first-order chi connectivity index (χ1) is 19.3. The SMILES string of the molecule is Cc1c(Oc2ncccc2-c2ccnc(NC3CCCNC3)n2)cc(F)c(NS(=O)(=O)Cc2ccccc2)c1F.Cl. The molecule has 9 nitrogen and oxygen atoms in total. The molecule has 0 spiro atoms. The van der Waals surface area contributed by atoms with Crippen LogP contribution in [0.1, 0.15) is 24.0 Å². The number of hydrogen-bond donors (Lipinski definition) is 3. The van der Waals surface area contributed by atoms with E-state index in [0.717, 1.165) is 32.0 Å². The molecule has 13 heteroatoms. The van der Waals surface area contributed by atoms with Crippen LogP contribution in [0, 0.1) is 18.6 Å². The maximum atomic E-state index is 15.3. The third-order valence-electron chi connectivity index (χ3n) is 6.41. The zero-order valence-electron chi connectivity index (χ0n) is 22.1. The minimum atomic E-state index is -4.09. The van der Waals surface area contributed by atoms with E-state index in [-0.39, 0.29) is 35.6 Å². The molecule has 3 N–H and O–H groups in total. The Bertz CT molecular complexity index is 1610. The quantitative estimate of drug-likeness (QED) is 0.232. The lowest BCUT2D eigenvalue weighted by atomic mass is 10.1. The highest BCUT2D eigenvalue weighted by Crippen LogP contribution is 2.36. The summed E-state index contributed by atoms with van der Waals surface area (Å²) >= 11 is 0. The number of anilines is 2. The second-order valence-corrected chi connectivity index (χ2v) is 11.2. The van der Waals surface area contributed by atoms with Gasteiger partial charge < -0.3 is 15.4 Å². The van der Waals surface area contributed by atoms with Crippen molar-refractivity contribution >= 4 is 34.1 Å². The molecule has 41 heavy (non-hydrogen) atoms. The molecule has 216 valence electrons. The van der Waals surface area contributed by atoms with E-state index in [9.17, 15) is 8.42 Å². The highest BCUT2D eigenvalue weighted by Gasteiger charge is 2.23. The molecule has 0 radical (unpaired) electrons. The first-order valence-electron chi connectivity index (χ1n) is 12.8. The molecule has 4 aromatic rings. The number of pyridine rings is 1. The van der Waals surface area contributed by atoms with Crippen LogP contribution in [0.3, 0.4) is 0 Å². The number of sulfonamides is 1. The van der Waals surface area contributed by atoms with Crippen LogP contribution in [-0.2, 0) is 15.8 Å². The van der Waals surface area contributed by atoms with Crippen molar-refractivity contribution in [2.75, 3.05) is 23.1 Å². The standard InChI is InChI=1S/C28H28F2N6O3S.ClH/c1-18-24(15-22(29)26(25(18)30)36-40(37,38)17-19-7-3-2-4-8-19)39-27-21(10-6-13-32-27)23-11-14-33-28(35-23)34-20-9-5-12-31-16-20;/h2-4,6-8,10-11,13-15,20,31,36H,5,9,12,16-17H2,1H3,(H,33,34,35);1H. The zero-order valence-corrected chi connectivity index (χ0v) is 23.7. The zero-order chi connectivity index (χ0) is 28.1. The normalized spacial score (nSPS) is 15.0. The number of nitrogens with one attached hydrogen (secondary N) is 3. The van der Waals surface area contributed by atoms with E-state index < -0.39 is 33.1 Å². The van der Waals surface area contributed by atoms with Crippen molar-refractivity contribution < 1.29 is 21.9 Å². The Morgan fingerprint density at radius 1 is 1.07 bits per heavy atom. The molecule has 5 rings (SSSR count). The van der Waals surface area contributed by atoms with Crippen molar-refractivity contribution in [1.29, 1.82) is 0 Å². The van der Waals surface area contributed by atoms with Crippen molar-refractivity contribution in [1.82, 2.24) is 20.3 Å². The van der Waals surface area contributed by atoms with E-state index in [1.54, 1.807) is 54.7 Å². The maximum Gasteiger partial charge on any atom is 0.237 e. The second-order valence-electron chi connectivity index (χ2n) is 9.43. The van der Waals surface area contributed by atoms with Gasteiger partial charge in [0.2, 0.25) is 21.9 Å². The fraction of sp³-hybridized carbons (Fsp3) is 0.250. The number of halogens is 3. The molecule has 0 aliphatic carbocycles. The number of rotatable bonds is 9. The largest absolute Gasteiger partial charge is 0.438 e. The summed E-state index contributed by atoms with van der Waals surface area (Å²) in [7, 11) is -4.09. The van der Waals surface area contributed by atoms with Crippen molar-refractivity contribution in [3.8, 4) is 22.9 Å². The Labute approximate surface area is 243 Å². The van der Waals surface area contributed by atoms with E-state index in [1.807, 2.05) is 4.72 Å². The fourth-order valence-electron chi connectivity index (χ4n) is 4.39. The summed E-state index contributed by atoms with van der Waals surface area (Å²) in [5.74, 6) is -2.27. The lowest BCUT2D eigenvalue weighted by Crippen LogP contribution is -2.38. The Hall–Kier alpha value is -3.87. The van der Waals surface area contributed by atoms with Gasteiger partial charge in [0.1, 0.15) is 11.4 Å². The predicted molar refractivity (Wildman–Crippen MR) is 156 cm³/mol. The third kappa shape index (κ3) is 7.46. The van der Waals surface area contributed by atoms with Gasteiger partial charge in [0, 0.05) is 36.6 Å². The predicted octanol–water partition coefficient (Wildman–Crippen LogP) is 5.45. The van der Waals surface area contributed by atoms with Crippen molar-refractivity contribution in [3.05, 3.63) is 89.8 Å². The van der Waals surface area contributed by atoms with Gasteiger partial charge in [-0.05, 0) is 50.1 Å². The highest BCUT2D eigenvalue weighted by atomic mass is 35.5. The summed E-state index contributed by atoms with van der Waals surface area (Å²) in [4.78, 5) is 13.2. The molecule has 0 amide bonds. The van der Waals surface area contributed by atoms with Gasteiger partial charge in [-0.25, -0.2) is 32.2 Å². The first kappa shape index (κ1) is 30.1. The lowest BCUT2D eigenvalue weighted by Gasteiger charge is -2.23. The van der Waals surface area contributed by atoms with Crippen LogP contribution in [0.25, 0.3) is 11.3 Å². The Kier molecular flexibility index (Phi) is 9.69. The summed E-state index contributed by atoms with van der Waals surface area (Å²) < 4.78 is 63.5. The summed E-state index contributed by atoms with van der Waals surface area (Å²) in [5.41, 5.74) is 0.612. The Balaban J connectivity index is 0.00000387. The summed E-state index contributed by atoms with van der Waals surface area (Å²) in [6.45, 7) is 3.16. The summed E-state index contributed by atoms with van der Waals surface area (Å²) in [6.07, 6.45) is 5.15. The Morgan fingerprint density at radius 2 is 1.88 bits per heavy atom. The van der Waals surface area contributed by atoms with Crippen molar-refractivity contribution in [2.24, 2.45) is 0 Å². The molecule has 1 aliphatic rings. The van der Waals surface area contributed by atoms with Gasteiger partial charge in [-0.2, -0.15) is 0 Å². The molecular formula is C28H29ClF2N6O3S. The average molecular weight is 603 g/mol. The maximum absolute atomic E-state index is 15.3. The summed E-state index contributed by atoms with van der Waals surface area (Å²) in [5, 5.41) is 6.66. The van der Waals surface area contributed by atoms with Gasteiger partial charge in [0.15, 0.2) is 11.6 Å². The number of aromatic nitrogens is 3.